The van der Waals surface area contributed by atoms with Crippen molar-refractivity contribution < 1.29 is 9.59 Å². The van der Waals surface area contributed by atoms with Gasteiger partial charge in [0.25, 0.3) is 0 Å². The van der Waals surface area contributed by atoms with E-state index in [-0.39, 0.29) is 24.4 Å². The molecule has 6 heteroatoms. The Labute approximate surface area is 212 Å². The van der Waals surface area contributed by atoms with E-state index in [4.69, 9.17) is 23.2 Å². The van der Waals surface area contributed by atoms with Crippen LogP contribution in [-0.4, -0.2) is 28.8 Å². The molecule has 0 spiro atoms. The third-order valence-electron chi connectivity index (χ3n) is 6.21. The summed E-state index contributed by atoms with van der Waals surface area (Å²) in [5.74, 6) is -0.194. The second-order valence-electron chi connectivity index (χ2n) is 8.65. The van der Waals surface area contributed by atoms with E-state index in [1.807, 2.05) is 45.0 Å². The minimum Gasteiger partial charge on any atom is -0.352 e. The fraction of sp³-hybridized carbons (Fsp3) is 0.357. The number of amides is 2. The van der Waals surface area contributed by atoms with E-state index >= 15 is 0 Å². The van der Waals surface area contributed by atoms with Gasteiger partial charge >= 0.3 is 0 Å². The van der Waals surface area contributed by atoms with E-state index in [0.717, 1.165) is 28.3 Å². The lowest BCUT2D eigenvalue weighted by molar-refractivity contribution is -0.141. The van der Waals surface area contributed by atoms with Gasteiger partial charge in [-0.2, -0.15) is 0 Å². The van der Waals surface area contributed by atoms with Crippen molar-refractivity contribution in [2.24, 2.45) is 0 Å². The van der Waals surface area contributed by atoms with Gasteiger partial charge in [-0.1, -0.05) is 85.6 Å². The van der Waals surface area contributed by atoms with Gasteiger partial charge in [0.05, 0.1) is 10.0 Å². The first-order chi connectivity index (χ1) is 16.3. The number of halogens is 2. The van der Waals surface area contributed by atoms with Gasteiger partial charge in [-0.3, -0.25) is 9.59 Å². The maximum Gasteiger partial charge on any atom is 0.243 e. The summed E-state index contributed by atoms with van der Waals surface area (Å²) < 4.78 is 0. The molecule has 3 aromatic carbocycles. The molecule has 0 aliphatic carbocycles. The van der Waals surface area contributed by atoms with Crippen molar-refractivity contribution >= 4 is 45.8 Å². The quantitative estimate of drug-likeness (QED) is 0.334. The molecule has 2 atom stereocenters. The van der Waals surface area contributed by atoms with Gasteiger partial charge in [0.2, 0.25) is 11.8 Å². The minimum absolute atomic E-state index is 0.0409. The van der Waals surface area contributed by atoms with Gasteiger partial charge < -0.3 is 10.2 Å². The number of nitrogens with zero attached hydrogens (tertiary/aromatic N) is 1. The molecule has 2 amide bonds. The highest BCUT2D eigenvalue weighted by atomic mass is 35.5. The van der Waals surface area contributed by atoms with E-state index < -0.39 is 6.04 Å². The molecule has 0 fully saturated rings. The topological polar surface area (TPSA) is 49.4 Å². The summed E-state index contributed by atoms with van der Waals surface area (Å²) in [6, 6.07) is 19.1. The normalized spacial score (nSPS) is 12.9. The summed E-state index contributed by atoms with van der Waals surface area (Å²) in [5.41, 5.74) is 1.96. The molecule has 3 rings (SSSR count). The van der Waals surface area contributed by atoms with Crippen LogP contribution in [0.2, 0.25) is 10.0 Å². The van der Waals surface area contributed by atoms with Crippen LogP contribution in [0.5, 0.6) is 0 Å². The van der Waals surface area contributed by atoms with Crippen molar-refractivity contribution in [3.63, 3.8) is 0 Å². The summed E-state index contributed by atoms with van der Waals surface area (Å²) in [7, 11) is 0. The Morgan fingerprint density at radius 3 is 2.38 bits per heavy atom. The minimum atomic E-state index is -0.566. The molecular formula is C28H32Cl2N2O2. The average molecular weight is 499 g/mol. The van der Waals surface area contributed by atoms with Crippen molar-refractivity contribution in [3.05, 3.63) is 81.8 Å². The van der Waals surface area contributed by atoms with E-state index in [2.05, 4.69) is 29.6 Å². The zero-order valence-electron chi connectivity index (χ0n) is 20.0. The molecule has 0 saturated heterocycles. The second-order valence-corrected chi connectivity index (χ2v) is 9.46. The van der Waals surface area contributed by atoms with Crippen LogP contribution < -0.4 is 5.32 Å². The van der Waals surface area contributed by atoms with Gasteiger partial charge in [-0.15, -0.1) is 0 Å². The Morgan fingerprint density at radius 1 is 0.941 bits per heavy atom. The maximum absolute atomic E-state index is 13.6. The molecule has 0 bridgehead atoms. The Bertz CT molecular complexity index is 1140. The van der Waals surface area contributed by atoms with Crippen molar-refractivity contribution in [2.75, 3.05) is 0 Å². The molecule has 0 aliphatic heterocycles. The first kappa shape index (κ1) is 26.1. The van der Waals surface area contributed by atoms with Crippen LogP contribution in [-0.2, 0) is 22.6 Å². The monoisotopic (exact) mass is 498 g/mol. The number of hydrogen-bond acceptors (Lipinski definition) is 2. The zero-order valence-corrected chi connectivity index (χ0v) is 21.5. The van der Waals surface area contributed by atoms with E-state index in [1.165, 1.54) is 0 Å². The lowest BCUT2D eigenvalue weighted by Crippen LogP contribution is -2.50. The molecule has 180 valence electrons. The number of carbonyl (C=O) groups excluding carboxylic acids is 2. The highest BCUT2D eigenvalue weighted by Crippen LogP contribution is 2.25. The predicted octanol–water partition coefficient (Wildman–Crippen LogP) is 6.80. The van der Waals surface area contributed by atoms with Crippen LogP contribution in [0, 0.1) is 0 Å². The van der Waals surface area contributed by atoms with Gasteiger partial charge in [0.1, 0.15) is 6.04 Å². The number of benzene rings is 3. The molecular weight excluding hydrogens is 467 g/mol. The molecule has 1 N–H and O–H groups in total. The number of fused-ring (bicyclic) bond motifs is 1. The molecule has 0 aliphatic rings. The number of aryl methyl sites for hydroxylation is 1. The Morgan fingerprint density at radius 2 is 1.68 bits per heavy atom. The number of carbonyl (C=O) groups is 2. The Balaban J connectivity index is 1.85. The lowest BCUT2D eigenvalue weighted by Gasteiger charge is -2.31. The van der Waals surface area contributed by atoms with Crippen LogP contribution in [0.1, 0.15) is 51.2 Å². The lowest BCUT2D eigenvalue weighted by atomic mass is 10.00. The van der Waals surface area contributed by atoms with E-state index in [0.29, 0.717) is 29.3 Å². The summed E-state index contributed by atoms with van der Waals surface area (Å²) in [4.78, 5) is 28.3. The zero-order chi connectivity index (χ0) is 24.7. The van der Waals surface area contributed by atoms with Crippen molar-refractivity contribution in [1.29, 1.82) is 0 Å². The summed E-state index contributed by atoms with van der Waals surface area (Å²) in [6.07, 6.45) is 2.25. The number of rotatable bonds is 10. The largest absolute Gasteiger partial charge is 0.352 e. The second kappa shape index (κ2) is 12.2. The number of hydrogen-bond donors (Lipinski definition) is 1. The van der Waals surface area contributed by atoms with Crippen LogP contribution in [0.25, 0.3) is 10.8 Å². The van der Waals surface area contributed by atoms with Gasteiger partial charge in [0, 0.05) is 19.0 Å². The van der Waals surface area contributed by atoms with Crippen LogP contribution in [0.15, 0.2) is 60.7 Å². The summed E-state index contributed by atoms with van der Waals surface area (Å²) in [6.45, 7) is 6.21. The van der Waals surface area contributed by atoms with Crippen molar-refractivity contribution in [1.82, 2.24) is 10.2 Å². The van der Waals surface area contributed by atoms with Crippen LogP contribution >= 0.6 is 23.2 Å². The van der Waals surface area contributed by atoms with Crippen molar-refractivity contribution in [3.8, 4) is 0 Å². The molecule has 34 heavy (non-hydrogen) atoms. The standard InChI is InChI=1S/C28H32Cl2N2O2/c1-4-19(3)31-28(34)26(5-2)32(18-20-13-15-24(29)25(30)17-20)27(33)16-14-22-11-8-10-21-9-6-7-12-23(21)22/h6-13,15,17,19,26H,4-5,14,16,18H2,1-3H3,(H,31,34)/t19-,26-/m0/s1. The van der Waals surface area contributed by atoms with Crippen molar-refractivity contribution in [2.45, 2.75) is 65.1 Å². The fourth-order valence-corrected chi connectivity index (χ4v) is 4.41. The predicted molar refractivity (Wildman–Crippen MR) is 141 cm³/mol. The van der Waals surface area contributed by atoms with Crippen LogP contribution in [0.4, 0.5) is 0 Å². The van der Waals surface area contributed by atoms with Gasteiger partial charge in [-0.05, 0) is 60.2 Å². The average Bonchev–Trinajstić information content (AvgIpc) is 2.84. The molecule has 0 heterocycles. The van der Waals surface area contributed by atoms with Gasteiger partial charge in [0.15, 0.2) is 0 Å². The fourth-order valence-electron chi connectivity index (χ4n) is 4.09. The Hall–Kier alpha value is -2.56. The third-order valence-corrected chi connectivity index (χ3v) is 6.95. The van der Waals surface area contributed by atoms with E-state index in [1.54, 1.807) is 17.0 Å². The molecule has 3 aromatic rings. The first-order valence-corrected chi connectivity index (χ1v) is 12.6. The Kier molecular flexibility index (Phi) is 9.37. The SMILES string of the molecule is CC[C@H](C)NC(=O)[C@H](CC)N(Cc1ccc(Cl)c(Cl)c1)C(=O)CCc1cccc2ccccc12. The summed E-state index contributed by atoms with van der Waals surface area (Å²) in [5, 5.41) is 6.23. The third kappa shape index (κ3) is 6.52. The van der Waals surface area contributed by atoms with Crippen LogP contribution in [0.3, 0.4) is 0 Å². The molecule has 0 saturated carbocycles. The molecule has 0 unspecified atom stereocenters. The molecule has 4 nitrogen and oxygen atoms in total. The highest BCUT2D eigenvalue weighted by Gasteiger charge is 2.29. The maximum atomic E-state index is 13.6. The summed E-state index contributed by atoms with van der Waals surface area (Å²) >= 11 is 12.3. The highest BCUT2D eigenvalue weighted by molar-refractivity contribution is 6.42. The number of nitrogens with one attached hydrogen (secondary N) is 1. The molecule has 0 aromatic heterocycles. The first-order valence-electron chi connectivity index (χ1n) is 11.8. The smallest absolute Gasteiger partial charge is 0.243 e. The molecule has 0 radical (unpaired) electrons. The van der Waals surface area contributed by atoms with Gasteiger partial charge in [-0.25, -0.2) is 0 Å². The van der Waals surface area contributed by atoms with E-state index in [9.17, 15) is 9.59 Å².